The van der Waals surface area contributed by atoms with Crippen LogP contribution in [0.5, 0.6) is 11.5 Å². The van der Waals surface area contributed by atoms with Crippen LogP contribution in [0.4, 0.5) is 0 Å². The molecule has 2 rings (SSSR count). The Morgan fingerprint density at radius 2 is 1.60 bits per heavy atom. The highest BCUT2D eigenvalue weighted by molar-refractivity contribution is 9.11. The largest absolute Gasteiger partial charge is 0.493 e. The van der Waals surface area contributed by atoms with Crippen molar-refractivity contribution >= 4 is 31.9 Å². The molecule has 0 heterocycles. The molecule has 0 radical (unpaired) electrons. The number of rotatable bonds is 4. The van der Waals surface area contributed by atoms with Crippen molar-refractivity contribution < 1.29 is 9.47 Å². The van der Waals surface area contributed by atoms with Crippen LogP contribution in [0.3, 0.4) is 0 Å². The molecular weight excluding hydrogens is 384 g/mol. The van der Waals surface area contributed by atoms with Gasteiger partial charge in [0.1, 0.15) is 0 Å². The summed E-state index contributed by atoms with van der Waals surface area (Å²) in [4.78, 5) is 0.324. The zero-order valence-electron chi connectivity index (χ0n) is 12.3. The van der Waals surface area contributed by atoms with E-state index >= 15 is 0 Å². The molecule has 0 saturated heterocycles. The van der Waals surface area contributed by atoms with Crippen LogP contribution < -0.4 is 9.47 Å². The van der Waals surface area contributed by atoms with Crippen molar-refractivity contribution in [1.82, 2.24) is 0 Å². The van der Waals surface area contributed by atoms with E-state index in [2.05, 4.69) is 44.8 Å². The van der Waals surface area contributed by atoms with Crippen LogP contribution in [0.25, 0.3) is 0 Å². The molecule has 0 N–H and O–H groups in total. The summed E-state index contributed by atoms with van der Waals surface area (Å²) in [6, 6.07) is 4.08. The maximum atomic E-state index is 5.44. The fourth-order valence-corrected chi connectivity index (χ4v) is 4.75. The summed E-state index contributed by atoms with van der Waals surface area (Å²) in [5, 5.41) is 0. The summed E-state index contributed by atoms with van der Waals surface area (Å²) in [5.41, 5.74) is 1.55. The Morgan fingerprint density at radius 1 is 1.05 bits per heavy atom. The number of alkyl halides is 1. The van der Waals surface area contributed by atoms with Crippen molar-refractivity contribution in [2.24, 2.45) is 5.41 Å². The van der Waals surface area contributed by atoms with Crippen molar-refractivity contribution in [3.63, 3.8) is 0 Å². The van der Waals surface area contributed by atoms with Crippen molar-refractivity contribution in [1.29, 1.82) is 0 Å². The third-order valence-electron chi connectivity index (χ3n) is 4.38. The summed E-state index contributed by atoms with van der Waals surface area (Å²) >= 11 is 7.62. The van der Waals surface area contributed by atoms with E-state index in [0.29, 0.717) is 10.2 Å². The van der Waals surface area contributed by atoms with Gasteiger partial charge in [0.2, 0.25) is 0 Å². The molecule has 1 aromatic carbocycles. The molecule has 0 bridgehead atoms. The number of benzene rings is 1. The fraction of sp³-hybridized carbons (Fsp3) is 0.625. The van der Waals surface area contributed by atoms with Crippen LogP contribution in [0, 0.1) is 5.41 Å². The molecule has 112 valence electrons. The van der Waals surface area contributed by atoms with Crippen LogP contribution in [0.1, 0.15) is 49.4 Å². The number of methoxy groups -OCH3 is 2. The van der Waals surface area contributed by atoms with Gasteiger partial charge in [-0.05, 0) is 36.0 Å². The lowest BCUT2D eigenvalue weighted by Gasteiger charge is -2.38. The molecule has 1 aromatic rings. The van der Waals surface area contributed by atoms with Crippen LogP contribution in [-0.2, 0) is 0 Å². The quantitative estimate of drug-likeness (QED) is 0.583. The van der Waals surface area contributed by atoms with Gasteiger partial charge >= 0.3 is 0 Å². The van der Waals surface area contributed by atoms with Gasteiger partial charge in [0, 0.05) is 9.30 Å². The lowest BCUT2D eigenvalue weighted by Crippen LogP contribution is -2.25. The zero-order chi connectivity index (χ0) is 14.8. The molecule has 1 saturated carbocycles. The summed E-state index contributed by atoms with van der Waals surface area (Å²) in [7, 11) is 3.35. The average molecular weight is 406 g/mol. The lowest BCUT2D eigenvalue weighted by molar-refractivity contribution is 0.212. The van der Waals surface area contributed by atoms with Gasteiger partial charge in [-0.3, -0.25) is 0 Å². The molecule has 0 spiro atoms. The maximum absolute atomic E-state index is 5.44. The molecule has 0 aromatic heterocycles. The second-order valence-electron chi connectivity index (χ2n) is 5.81. The van der Waals surface area contributed by atoms with Gasteiger partial charge < -0.3 is 9.47 Å². The third kappa shape index (κ3) is 3.16. The van der Waals surface area contributed by atoms with E-state index in [1.807, 2.05) is 6.07 Å². The van der Waals surface area contributed by atoms with E-state index in [1.165, 1.54) is 37.7 Å². The summed E-state index contributed by atoms with van der Waals surface area (Å²) in [6.45, 7) is 2.38. The van der Waals surface area contributed by atoms with Crippen molar-refractivity contribution in [2.75, 3.05) is 14.2 Å². The van der Waals surface area contributed by atoms with Crippen LogP contribution in [0.2, 0.25) is 0 Å². The Labute approximate surface area is 138 Å². The smallest absolute Gasteiger partial charge is 0.161 e. The Balaban J connectivity index is 2.36. The van der Waals surface area contributed by atoms with Gasteiger partial charge in [0.25, 0.3) is 0 Å². The van der Waals surface area contributed by atoms with Crippen molar-refractivity contribution in [3.05, 3.63) is 22.2 Å². The third-order valence-corrected chi connectivity index (χ3v) is 6.67. The van der Waals surface area contributed by atoms with Crippen LogP contribution >= 0.6 is 31.9 Å². The van der Waals surface area contributed by atoms with Crippen molar-refractivity contribution in [2.45, 2.75) is 43.9 Å². The first-order chi connectivity index (χ1) is 9.51. The van der Waals surface area contributed by atoms with Gasteiger partial charge in [-0.2, -0.15) is 0 Å². The van der Waals surface area contributed by atoms with Crippen LogP contribution in [-0.4, -0.2) is 14.2 Å². The number of hydrogen-bond donors (Lipinski definition) is 0. The molecular formula is C16H22Br2O2. The molecule has 1 unspecified atom stereocenters. The minimum atomic E-state index is 0.306. The number of ether oxygens (including phenoxy) is 2. The van der Waals surface area contributed by atoms with E-state index in [1.54, 1.807) is 14.2 Å². The maximum Gasteiger partial charge on any atom is 0.161 e. The second-order valence-corrected chi connectivity index (χ2v) is 7.58. The SMILES string of the molecule is COc1cc(Br)c(C(Br)C2(C)CCCCC2)cc1OC. The average Bonchev–Trinajstić information content (AvgIpc) is 2.47. The predicted octanol–water partition coefficient (Wildman–Crippen LogP) is 5.87. The van der Waals surface area contributed by atoms with Gasteiger partial charge in [-0.1, -0.05) is 58.0 Å². The minimum Gasteiger partial charge on any atom is -0.493 e. The topological polar surface area (TPSA) is 18.5 Å². The highest BCUT2D eigenvalue weighted by atomic mass is 79.9. The molecule has 20 heavy (non-hydrogen) atoms. The molecule has 2 nitrogen and oxygen atoms in total. The van der Waals surface area contributed by atoms with Gasteiger partial charge in [-0.25, -0.2) is 0 Å². The zero-order valence-corrected chi connectivity index (χ0v) is 15.5. The molecule has 0 amide bonds. The molecule has 1 atom stereocenters. The first-order valence-corrected chi connectivity index (χ1v) is 8.78. The van der Waals surface area contributed by atoms with E-state index in [0.717, 1.165) is 16.0 Å². The standard InChI is InChI=1S/C16H22Br2O2/c1-16(7-5-4-6-8-16)15(18)11-9-13(19-2)14(20-3)10-12(11)17/h9-10,15H,4-8H2,1-3H3. The summed E-state index contributed by atoms with van der Waals surface area (Å²) < 4.78 is 11.9. The number of halogens is 2. The second kappa shape index (κ2) is 6.69. The Bertz CT molecular complexity index is 468. The molecule has 4 heteroatoms. The van der Waals surface area contributed by atoms with E-state index in [4.69, 9.17) is 9.47 Å². The normalized spacial score (nSPS) is 19.4. The highest BCUT2D eigenvalue weighted by Gasteiger charge is 2.36. The molecule has 1 aliphatic carbocycles. The fourth-order valence-electron chi connectivity index (χ4n) is 3.05. The van der Waals surface area contributed by atoms with Gasteiger partial charge in [-0.15, -0.1) is 0 Å². The van der Waals surface area contributed by atoms with Gasteiger partial charge in [0.15, 0.2) is 11.5 Å². The monoisotopic (exact) mass is 404 g/mol. The Kier molecular flexibility index (Phi) is 5.41. The molecule has 1 fully saturated rings. The van der Waals surface area contributed by atoms with E-state index < -0.39 is 0 Å². The van der Waals surface area contributed by atoms with Crippen LogP contribution in [0.15, 0.2) is 16.6 Å². The van der Waals surface area contributed by atoms with E-state index in [9.17, 15) is 0 Å². The molecule has 1 aliphatic rings. The highest BCUT2D eigenvalue weighted by Crippen LogP contribution is 2.52. The summed E-state index contributed by atoms with van der Waals surface area (Å²) in [5.74, 6) is 1.55. The first-order valence-electron chi connectivity index (χ1n) is 7.07. The Hall–Kier alpha value is -0.220. The first kappa shape index (κ1) is 16.2. The molecule has 0 aliphatic heterocycles. The minimum absolute atomic E-state index is 0.306. The van der Waals surface area contributed by atoms with E-state index in [-0.39, 0.29) is 0 Å². The predicted molar refractivity (Wildman–Crippen MR) is 90.1 cm³/mol. The number of hydrogen-bond acceptors (Lipinski definition) is 2. The lowest BCUT2D eigenvalue weighted by atomic mass is 9.72. The summed E-state index contributed by atoms with van der Waals surface area (Å²) in [6.07, 6.45) is 6.54. The Morgan fingerprint density at radius 3 is 2.15 bits per heavy atom. The van der Waals surface area contributed by atoms with Crippen molar-refractivity contribution in [3.8, 4) is 11.5 Å². The van der Waals surface area contributed by atoms with Gasteiger partial charge in [0.05, 0.1) is 14.2 Å².